The largest absolute Gasteiger partial charge is 0.494 e. The highest BCUT2D eigenvalue weighted by molar-refractivity contribution is 7.89. The number of rotatable bonds is 10. The van der Waals surface area contributed by atoms with Gasteiger partial charge in [0.05, 0.1) is 29.1 Å². The van der Waals surface area contributed by atoms with E-state index in [-0.39, 0.29) is 4.90 Å². The standard InChI is InChI=1S/C22H30N4O3S/c1-4-6-13-26-21-12-11-19(30(23,27)28)14-20(21)24-22(26)16-25(3)15-17-7-9-18(10-8-17)29-5-2/h7-12,14H,4-6,13,15-16H2,1-3H3,(H2,23,27,28). The fraction of sp³-hybridized carbons (Fsp3) is 0.409. The van der Waals surface area contributed by atoms with Gasteiger partial charge in [0.1, 0.15) is 11.6 Å². The molecule has 0 unspecified atom stereocenters. The molecule has 2 aromatic carbocycles. The number of nitrogens with zero attached hydrogens (tertiary/aromatic N) is 3. The third-order valence-corrected chi connectivity index (χ3v) is 5.87. The Morgan fingerprint density at radius 2 is 1.83 bits per heavy atom. The highest BCUT2D eigenvalue weighted by Gasteiger charge is 2.16. The highest BCUT2D eigenvalue weighted by Crippen LogP contribution is 2.22. The Morgan fingerprint density at radius 1 is 1.10 bits per heavy atom. The number of aromatic nitrogens is 2. The van der Waals surface area contributed by atoms with Crippen molar-refractivity contribution < 1.29 is 13.2 Å². The van der Waals surface area contributed by atoms with Gasteiger partial charge in [0.25, 0.3) is 0 Å². The lowest BCUT2D eigenvalue weighted by Crippen LogP contribution is -2.20. The molecule has 0 atom stereocenters. The number of ether oxygens (including phenoxy) is 1. The second-order valence-electron chi connectivity index (χ2n) is 7.48. The minimum Gasteiger partial charge on any atom is -0.494 e. The Bertz CT molecular complexity index is 1090. The molecule has 0 spiro atoms. The molecule has 7 nitrogen and oxygen atoms in total. The number of primary sulfonamides is 1. The number of imidazole rings is 1. The minimum absolute atomic E-state index is 0.0874. The van der Waals surface area contributed by atoms with Gasteiger partial charge >= 0.3 is 0 Å². The van der Waals surface area contributed by atoms with Crippen LogP contribution in [0.15, 0.2) is 47.4 Å². The van der Waals surface area contributed by atoms with Crippen molar-refractivity contribution in [1.29, 1.82) is 0 Å². The lowest BCUT2D eigenvalue weighted by atomic mass is 10.2. The molecule has 0 amide bonds. The van der Waals surface area contributed by atoms with Crippen molar-refractivity contribution in [2.24, 2.45) is 5.14 Å². The van der Waals surface area contributed by atoms with Crippen molar-refractivity contribution >= 4 is 21.1 Å². The molecular weight excluding hydrogens is 400 g/mol. The van der Waals surface area contributed by atoms with E-state index in [1.807, 2.05) is 19.1 Å². The molecule has 30 heavy (non-hydrogen) atoms. The van der Waals surface area contributed by atoms with Gasteiger partial charge in [-0.05, 0) is 56.3 Å². The molecule has 162 valence electrons. The minimum atomic E-state index is -3.76. The van der Waals surface area contributed by atoms with Crippen LogP contribution in [0.2, 0.25) is 0 Å². The van der Waals surface area contributed by atoms with Crippen LogP contribution in [0.5, 0.6) is 5.75 Å². The normalized spacial score (nSPS) is 12.0. The summed E-state index contributed by atoms with van der Waals surface area (Å²) < 4.78 is 31.1. The summed E-state index contributed by atoms with van der Waals surface area (Å²) in [5, 5.41) is 5.29. The molecule has 0 bridgehead atoms. The second-order valence-corrected chi connectivity index (χ2v) is 9.04. The first-order chi connectivity index (χ1) is 14.3. The van der Waals surface area contributed by atoms with E-state index in [1.165, 1.54) is 5.56 Å². The van der Waals surface area contributed by atoms with Gasteiger partial charge in [-0.25, -0.2) is 18.5 Å². The van der Waals surface area contributed by atoms with Crippen molar-refractivity contribution in [3.05, 3.63) is 53.9 Å². The molecule has 8 heteroatoms. The van der Waals surface area contributed by atoms with Gasteiger partial charge in [-0.2, -0.15) is 0 Å². The molecule has 0 fully saturated rings. The first-order valence-electron chi connectivity index (χ1n) is 10.2. The summed E-state index contributed by atoms with van der Waals surface area (Å²) in [7, 11) is -1.70. The Kier molecular flexibility index (Phi) is 7.12. The smallest absolute Gasteiger partial charge is 0.238 e. The number of hydrogen-bond acceptors (Lipinski definition) is 5. The Labute approximate surface area is 178 Å². The van der Waals surface area contributed by atoms with Gasteiger partial charge < -0.3 is 9.30 Å². The maximum absolute atomic E-state index is 11.7. The summed E-state index contributed by atoms with van der Waals surface area (Å²) in [4.78, 5) is 7.02. The third kappa shape index (κ3) is 5.38. The van der Waals surface area contributed by atoms with Crippen LogP contribution in [0.25, 0.3) is 11.0 Å². The number of hydrogen-bond donors (Lipinski definition) is 1. The summed E-state index contributed by atoms with van der Waals surface area (Å²) in [6.07, 6.45) is 2.09. The van der Waals surface area contributed by atoms with Gasteiger partial charge in [0.15, 0.2) is 0 Å². The zero-order chi connectivity index (χ0) is 21.7. The fourth-order valence-electron chi connectivity index (χ4n) is 3.49. The van der Waals surface area contributed by atoms with Crippen molar-refractivity contribution in [1.82, 2.24) is 14.5 Å². The molecule has 3 aromatic rings. The monoisotopic (exact) mass is 430 g/mol. The summed E-state index contributed by atoms with van der Waals surface area (Å²) in [5.74, 6) is 1.79. The van der Waals surface area contributed by atoms with E-state index in [0.717, 1.165) is 43.0 Å². The molecule has 1 aromatic heterocycles. The van der Waals surface area contributed by atoms with Gasteiger partial charge in [0, 0.05) is 13.1 Å². The molecular formula is C22H30N4O3S. The molecule has 0 saturated heterocycles. The molecule has 0 aliphatic rings. The van der Waals surface area contributed by atoms with E-state index < -0.39 is 10.0 Å². The summed E-state index contributed by atoms with van der Waals surface area (Å²) >= 11 is 0. The van der Waals surface area contributed by atoms with E-state index in [9.17, 15) is 8.42 Å². The lowest BCUT2D eigenvalue weighted by molar-refractivity contribution is 0.304. The number of nitrogens with two attached hydrogens (primary N) is 1. The Morgan fingerprint density at radius 3 is 2.47 bits per heavy atom. The second kappa shape index (κ2) is 9.59. The zero-order valence-corrected chi connectivity index (χ0v) is 18.7. The van der Waals surface area contributed by atoms with Crippen LogP contribution in [0.1, 0.15) is 38.1 Å². The molecule has 0 aliphatic heterocycles. The van der Waals surface area contributed by atoms with Crippen LogP contribution in [0.3, 0.4) is 0 Å². The van der Waals surface area contributed by atoms with Crippen LogP contribution in [0, 0.1) is 0 Å². The SMILES string of the molecule is CCCCn1c(CN(C)Cc2ccc(OCC)cc2)nc2cc(S(N)(=O)=O)ccc21. The van der Waals surface area contributed by atoms with Crippen molar-refractivity contribution in [3.8, 4) is 5.75 Å². The van der Waals surface area contributed by atoms with Crippen molar-refractivity contribution in [2.75, 3.05) is 13.7 Å². The van der Waals surface area contributed by atoms with Gasteiger partial charge in [0.2, 0.25) is 10.0 Å². The molecule has 1 heterocycles. The zero-order valence-electron chi connectivity index (χ0n) is 17.8. The fourth-order valence-corrected chi connectivity index (χ4v) is 4.02. The van der Waals surface area contributed by atoms with Crippen molar-refractivity contribution in [3.63, 3.8) is 0 Å². The van der Waals surface area contributed by atoms with Gasteiger partial charge in [-0.1, -0.05) is 25.5 Å². The van der Waals surface area contributed by atoms with E-state index in [0.29, 0.717) is 18.7 Å². The van der Waals surface area contributed by atoms with Gasteiger partial charge in [-0.3, -0.25) is 4.90 Å². The summed E-state index contributed by atoms with van der Waals surface area (Å²) in [6, 6.07) is 13.0. The van der Waals surface area contributed by atoms with E-state index in [1.54, 1.807) is 18.2 Å². The number of unbranched alkanes of at least 4 members (excludes halogenated alkanes) is 1. The predicted octanol–water partition coefficient (Wildman–Crippen LogP) is 3.51. The molecule has 0 aliphatic carbocycles. The van der Waals surface area contributed by atoms with Crippen LogP contribution in [-0.4, -0.2) is 36.5 Å². The van der Waals surface area contributed by atoms with Crippen molar-refractivity contribution in [2.45, 2.75) is 51.2 Å². The lowest BCUT2D eigenvalue weighted by Gasteiger charge is -2.18. The molecule has 0 radical (unpaired) electrons. The van der Waals surface area contributed by atoms with Crippen LogP contribution in [0.4, 0.5) is 0 Å². The van der Waals surface area contributed by atoms with E-state index in [2.05, 4.69) is 35.6 Å². The third-order valence-electron chi connectivity index (χ3n) is 4.96. The summed E-state index contributed by atoms with van der Waals surface area (Å²) in [5.41, 5.74) is 2.77. The topological polar surface area (TPSA) is 90.4 Å². The van der Waals surface area contributed by atoms with Crippen LogP contribution >= 0.6 is 0 Å². The maximum atomic E-state index is 11.7. The highest BCUT2D eigenvalue weighted by atomic mass is 32.2. The number of benzene rings is 2. The van der Waals surface area contributed by atoms with E-state index >= 15 is 0 Å². The maximum Gasteiger partial charge on any atom is 0.238 e. The average molecular weight is 431 g/mol. The Hall–Kier alpha value is -2.42. The quantitative estimate of drug-likeness (QED) is 0.531. The first-order valence-corrected chi connectivity index (χ1v) is 11.8. The van der Waals surface area contributed by atoms with Crippen LogP contribution in [-0.2, 0) is 29.7 Å². The number of sulfonamides is 1. The Balaban J connectivity index is 1.83. The van der Waals surface area contributed by atoms with E-state index in [4.69, 9.17) is 14.9 Å². The predicted molar refractivity (Wildman–Crippen MR) is 119 cm³/mol. The van der Waals surface area contributed by atoms with Gasteiger partial charge in [-0.15, -0.1) is 0 Å². The molecule has 3 rings (SSSR count). The molecule has 2 N–H and O–H groups in total. The molecule has 0 saturated carbocycles. The first kappa shape index (κ1) is 22.3. The average Bonchev–Trinajstić information content (AvgIpc) is 3.03. The number of fused-ring (bicyclic) bond motifs is 1. The number of aryl methyl sites for hydroxylation is 1. The van der Waals surface area contributed by atoms with Crippen LogP contribution < -0.4 is 9.88 Å². The summed E-state index contributed by atoms with van der Waals surface area (Å²) in [6.45, 7) is 7.03.